The zero-order valence-corrected chi connectivity index (χ0v) is 13.3. The lowest BCUT2D eigenvalue weighted by molar-refractivity contribution is 0.261. The van der Waals surface area contributed by atoms with Crippen LogP contribution in [0.1, 0.15) is 24.1 Å². The summed E-state index contributed by atoms with van der Waals surface area (Å²) in [4.78, 5) is 1.34. The maximum Gasteiger partial charge on any atom is 0.124 e. The second-order valence-corrected chi connectivity index (χ2v) is 6.59. The highest BCUT2D eigenvalue weighted by Crippen LogP contribution is 2.40. The van der Waals surface area contributed by atoms with E-state index in [-0.39, 0.29) is 0 Å². The fourth-order valence-corrected chi connectivity index (χ4v) is 4.00. The van der Waals surface area contributed by atoms with Crippen molar-refractivity contribution in [2.24, 2.45) is 0 Å². The summed E-state index contributed by atoms with van der Waals surface area (Å²) in [7, 11) is 0. The maximum atomic E-state index is 5.96. The Balaban J connectivity index is 1.87. The van der Waals surface area contributed by atoms with Crippen LogP contribution in [0.4, 0.5) is 0 Å². The molecule has 0 bridgehead atoms. The van der Waals surface area contributed by atoms with Crippen molar-refractivity contribution in [2.75, 3.05) is 13.2 Å². The van der Waals surface area contributed by atoms with E-state index in [1.807, 2.05) is 17.8 Å². The van der Waals surface area contributed by atoms with Gasteiger partial charge < -0.3 is 10.1 Å². The molecule has 2 aromatic rings. The molecule has 0 aliphatic carbocycles. The van der Waals surface area contributed by atoms with E-state index in [0.717, 1.165) is 18.9 Å². The molecular weight excluding hydrogens is 278 g/mol. The van der Waals surface area contributed by atoms with Crippen LogP contribution in [-0.2, 0) is 0 Å². The molecule has 1 heterocycles. The first-order valence-corrected chi connectivity index (χ1v) is 8.35. The van der Waals surface area contributed by atoms with Crippen LogP contribution in [-0.4, -0.2) is 18.4 Å². The number of nitrogens with one attached hydrogen (secondary N) is 1. The second kappa shape index (κ2) is 6.54. The number of benzene rings is 2. The van der Waals surface area contributed by atoms with Crippen molar-refractivity contribution >= 4 is 11.8 Å². The molecule has 0 saturated carbocycles. The van der Waals surface area contributed by atoms with Gasteiger partial charge in [-0.1, -0.05) is 43.3 Å². The molecule has 0 saturated heterocycles. The molecule has 21 heavy (non-hydrogen) atoms. The minimum absolute atomic E-state index is 0.338. The highest BCUT2D eigenvalue weighted by atomic mass is 32.2. The number of hydrogen-bond acceptors (Lipinski definition) is 3. The van der Waals surface area contributed by atoms with Crippen LogP contribution in [0.2, 0.25) is 0 Å². The highest BCUT2D eigenvalue weighted by Gasteiger charge is 2.31. The molecular formula is C18H21NOS. The third-order valence-corrected chi connectivity index (χ3v) is 5.25. The number of fused-ring (bicyclic) bond motifs is 1. The molecule has 0 radical (unpaired) electrons. The van der Waals surface area contributed by atoms with Crippen LogP contribution in [0.25, 0.3) is 0 Å². The average molecular weight is 299 g/mol. The molecule has 2 nitrogen and oxygen atoms in total. The first-order valence-electron chi connectivity index (χ1n) is 7.47. The summed E-state index contributed by atoms with van der Waals surface area (Å²) in [5.41, 5.74) is 2.60. The molecule has 1 aliphatic heterocycles. The Labute approximate surface area is 130 Å². The van der Waals surface area contributed by atoms with E-state index in [0.29, 0.717) is 11.3 Å². The topological polar surface area (TPSA) is 21.3 Å². The number of rotatable bonds is 4. The molecule has 0 spiro atoms. The van der Waals surface area contributed by atoms with Crippen LogP contribution in [0, 0.1) is 6.92 Å². The Morgan fingerprint density at radius 2 is 1.90 bits per heavy atom. The molecule has 3 heteroatoms. The second-order valence-electron chi connectivity index (χ2n) is 5.31. The van der Waals surface area contributed by atoms with Crippen LogP contribution in [0.3, 0.4) is 0 Å². The van der Waals surface area contributed by atoms with Gasteiger partial charge in [0.2, 0.25) is 0 Å². The third kappa shape index (κ3) is 3.09. The summed E-state index contributed by atoms with van der Waals surface area (Å²) < 4.78 is 5.96. The lowest BCUT2D eigenvalue weighted by atomic mass is 10.0. The average Bonchev–Trinajstić information content (AvgIpc) is 2.52. The van der Waals surface area contributed by atoms with Gasteiger partial charge in [-0.15, -0.1) is 11.8 Å². The van der Waals surface area contributed by atoms with Crippen molar-refractivity contribution < 1.29 is 4.74 Å². The molecule has 110 valence electrons. The van der Waals surface area contributed by atoms with Gasteiger partial charge in [-0.3, -0.25) is 0 Å². The molecule has 0 aromatic heterocycles. The van der Waals surface area contributed by atoms with Crippen LogP contribution < -0.4 is 10.1 Å². The monoisotopic (exact) mass is 299 g/mol. The summed E-state index contributed by atoms with van der Waals surface area (Å²) in [6.45, 7) is 6.04. The van der Waals surface area contributed by atoms with Gasteiger partial charge in [-0.25, -0.2) is 0 Å². The van der Waals surface area contributed by atoms with Crippen LogP contribution >= 0.6 is 11.8 Å². The van der Waals surface area contributed by atoms with Gasteiger partial charge >= 0.3 is 0 Å². The van der Waals surface area contributed by atoms with Crippen molar-refractivity contribution in [1.82, 2.24) is 5.32 Å². The van der Waals surface area contributed by atoms with Gasteiger partial charge in [0.05, 0.1) is 11.3 Å². The summed E-state index contributed by atoms with van der Waals surface area (Å²) in [6, 6.07) is 17.3. The third-order valence-electron chi connectivity index (χ3n) is 3.82. The quantitative estimate of drug-likeness (QED) is 0.914. The Kier molecular flexibility index (Phi) is 4.51. The molecule has 1 N–H and O–H groups in total. The van der Waals surface area contributed by atoms with Gasteiger partial charge in [-0.05, 0) is 31.2 Å². The minimum Gasteiger partial charge on any atom is -0.492 e. The zero-order valence-electron chi connectivity index (χ0n) is 12.5. The summed E-state index contributed by atoms with van der Waals surface area (Å²) >= 11 is 1.92. The van der Waals surface area contributed by atoms with E-state index in [2.05, 4.69) is 61.6 Å². The van der Waals surface area contributed by atoms with Gasteiger partial charge in [0, 0.05) is 10.5 Å². The van der Waals surface area contributed by atoms with Crippen molar-refractivity contribution in [3.05, 3.63) is 59.7 Å². The van der Waals surface area contributed by atoms with E-state index in [1.54, 1.807) is 0 Å². The molecule has 2 aromatic carbocycles. The largest absolute Gasteiger partial charge is 0.492 e. The van der Waals surface area contributed by atoms with Gasteiger partial charge in [0.15, 0.2) is 0 Å². The lowest BCUT2D eigenvalue weighted by Crippen LogP contribution is -2.37. The number of hydrogen-bond donors (Lipinski definition) is 1. The Hall–Kier alpha value is -1.45. The normalized spacial score (nSPS) is 20.7. The molecule has 2 atom stereocenters. The van der Waals surface area contributed by atoms with Crippen molar-refractivity contribution in [1.29, 1.82) is 0 Å². The summed E-state index contributed by atoms with van der Waals surface area (Å²) in [6.07, 6.45) is 0. The number of para-hydroxylation sites is 1. The fraction of sp³-hybridized carbons (Fsp3) is 0.333. The number of aryl methyl sites for hydroxylation is 1. The highest BCUT2D eigenvalue weighted by molar-refractivity contribution is 8.00. The minimum atomic E-state index is 0.338. The maximum absolute atomic E-state index is 5.96. The van der Waals surface area contributed by atoms with Crippen LogP contribution in [0.15, 0.2) is 53.4 Å². The molecule has 0 fully saturated rings. The van der Waals surface area contributed by atoms with E-state index >= 15 is 0 Å². The SMILES string of the molecule is CCNC1c2ccccc2OCC1Sc1ccccc1C. The van der Waals surface area contributed by atoms with E-state index < -0.39 is 0 Å². The fourth-order valence-electron chi connectivity index (χ4n) is 2.75. The van der Waals surface area contributed by atoms with Gasteiger partial charge in [0.25, 0.3) is 0 Å². The number of thioether (sulfide) groups is 1. The van der Waals surface area contributed by atoms with E-state index in [9.17, 15) is 0 Å². The van der Waals surface area contributed by atoms with E-state index in [1.165, 1.54) is 16.0 Å². The first-order chi connectivity index (χ1) is 10.3. The zero-order chi connectivity index (χ0) is 14.7. The first kappa shape index (κ1) is 14.5. The lowest BCUT2D eigenvalue weighted by Gasteiger charge is -2.34. The molecule has 1 aliphatic rings. The summed E-state index contributed by atoms with van der Waals surface area (Å²) in [5.74, 6) is 1.02. The smallest absolute Gasteiger partial charge is 0.124 e. The number of ether oxygens (including phenoxy) is 1. The standard InChI is InChI=1S/C18H21NOS/c1-3-19-18-14-9-5-6-10-15(14)20-12-17(18)21-16-11-7-4-8-13(16)2/h4-11,17-19H,3,12H2,1-2H3. The predicted octanol–water partition coefficient (Wildman–Crippen LogP) is 4.20. The Morgan fingerprint density at radius 1 is 1.14 bits per heavy atom. The van der Waals surface area contributed by atoms with Gasteiger partial charge in [0.1, 0.15) is 12.4 Å². The molecule has 3 rings (SSSR count). The van der Waals surface area contributed by atoms with Crippen molar-refractivity contribution in [2.45, 2.75) is 30.0 Å². The van der Waals surface area contributed by atoms with Crippen molar-refractivity contribution in [3.8, 4) is 5.75 Å². The Bertz CT molecular complexity index is 614. The summed E-state index contributed by atoms with van der Waals surface area (Å²) in [5, 5.41) is 4.02. The molecule has 2 unspecified atom stereocenters. The molecule has 0 amide bonds. The van der Waals surface area contributed by atoms with E-state index in [4.69, 9.17) is 4.74 Å². The Morgan fingerprint density at radius 3 is 2.71 bits per heavy atom. The van der Waals surface area contributed by atoms with Crippen LogP contribution in [0.5, 0.6) is 5.75 Å². The predicted molar refractivity (Wildman–Crippen MR) is 89.2 cm³/mol. The van der Waals surface area contributed by atoms with Gasteiger partial charge in [-0.2, -0.15) is 0 Å². The van der Waals surface area contributed by atoms with Crippen molar-refractivity contribution in [3.63, 3.8) is 0 Å².